The summed E-state index contributed by atoms with van der Waals surface area (Å²) in [5.41, 5.74) is -1.12. The fourth-order valence-electron chi connectivity index (χ4n) is 2.24. The smallest absolute Gasteiger partial charge is 0.310 e. The van der Waals surface area contributed by atoms with E-state index < -0.39 is 21.4 Å². The number of nitriles is 1. The second-order valence-corrected chi connectivity index (χ2v) is 7.55. The van der Waals surface area contributed by atoms with Crippen LogP contribution < -0.4 is 0 Å². The maximum atomic E-state index is 12.6. The number of carbonyl (C=O) groups is 1. The minimum atomic E-state index is -3.95. The van der Waals surface area contributed by atoms with Crippen LogP contribution in [0.1, 0.15) is 18.9 Å². The molecule has 1 aliphatic rings. The Morgan fingerprint density at radius 1 is 1.52 bits per heavy atom. The molecule has 0 amide bonds. The average Bonchev–Trinajstić information content (AvgIpc) is 2.83. The van der Waals surface area contributed by atoms with Gasteiger partial charge < -0.3 is 5.11 Å². The molecule has 0 aromatic heterocycles. The highest BCUT2D eigenvalue weighted by Crippen LogP contribution is 2.34. The maximum absolute atomic E-state index is 12.6. The van der Waals surface area contributed by atoms with E-state index in [0.29, 0.717) is 0 Å². The van der Waals surface area contributed by atoms with E-state index in [0.717, 1.165) is 4.31 Å². The molecule has 1 N–H and O–H groups in total. The first kappa shape index (κ1) is 15.8. The average molecular weight is 329 g/mol. The number of rotatable bonds is 3. The van der Waals surface area contributed by atoms with Gasteiger partial charge in [0.1, 0.15) is 11.0 Å². The highest BCUT2D eigenvalue weighted by atomic mass is 35.5. The van der Waals surface area contributed by atoms with Gasteiger partial charge in [-0.15, -0.1) is 0 Å². The summed E-state index contributed by atoms with van der Waals surface area (Å²) in [6.45, 7) is 1.48. The minimum Gasteiger partial charge on any atom is -0.481 e. The van der Waals surface area contributed by atoms with E-state index in [4.69, 9.17) is 16.9 Å². The molecule has 0 spiro atoms. The Hall–Kier alpha value is -1.62. The maximum Gasteiger partial charge on any atom is 0.310 e. The lowest BCUT2D eigenvalue weighted by Gasteiger charge is -2.20. The normalized spacial score (nSPS) is 22.9. The summed E-state index contributed by atoms with van der Waals surface area (Å²) in [4.78, 5) is 11.0. The van der Waals surface area contributed by atoms with Crippen molar-refractivity contribution in [2.45, 2.75) is 18.2 Å². The lowest BCUT2D eigenvalue weighted by atomic mass is 9.90. The Bertz CT molecular complexity index is 741. The van der Waals surface area contributed by atoms with Crippen LogP contribution in [-0.4, -0.2) is 36.9 Å². The first-order valence-corrected chi connectivity index (χ1v) is 7.96. The van der Waals surface area contributed by atoms with Crippen molar-refractivity contribution in [2.24, 2.45) is 5.41 Å². The summed E-state index contributed by atoms with van der Waals surface area (Å²) >= 11 is 5.81. The van der Waals surface area contributed by atoms with E-state index in [9.17, 15) is 18.3 Å². The molecule has 2 rings (SSSR count). The van der Waals surface area contributed by atoms with Gasteiger partial charge in [0, 0.05) is 18.1 Å². The number of hydrogen-bond acceptors (Lipinski definition) is 4. The van der Waals surface area contributed by atoms with Crippen molar-refractivity contribution in [3.8, 4) is 6.07 Å². The third-order valence-corrected chi connectivity index (χ3v) is 5.76. The third-order valence-electron chi connectivity index (χ3n) is 3.64. The predicted octanol–water partition coefficient (Wildman–Crippen LogP) is 1.70. The van der Waals surface area contributed by atoms with Crippen molar-refractivity contribution >= 4 is 27.6 Å². The number of nitrogens with zero attached hydrogens (tertiary/aromatic N) is 2. The van der Waals surface area contributed by atoms with Crippen LogP contribution in [0.2, 0.25) is 5.02 Å². The van der Waals surface area contributed by atoms with Crippen LogP contribution in [0, 0.1) is 16.7 Å². The van der Waals surface area contributed by atoms with Crippen LogP contribution in [-0.2, 0) is 14.8 Å². The van der Waals surface area contributed by atoms with Gasteiger partial charge in [0.05, 0.1) is 11.0 Å². The minimum absolute atomic E-state index is 0.0108. The van der Waals surface area contributed by atoms with Crippen LogP contribution >= 0.6 is 11.6 Å². The molecule has 0 radical (unpaired) electrons. The number of benzene rings is 1. The SMILES string of the molecule is CC1(C(=O)O)CCN(S(=O)(=O)c2cc(Cl)ccc2C#N)C1. The molecule has 0 bridgehead atoms. The molecule has 6 nitrogen and oxygen atoms in total. The lowest BCUT2D eigenvalue weighted by molar-refractivity contribution is -0.146. The Balaban J connectivity index is 2.44. The van der Waals surface area contributed by atoms with Gasteiger partial charge in [-0.25, -0.2) is 8.42 Å². The van der Waals surface area contributed by atoms with Crippen molar-refractivity contribution in [1.29, 1.82) is 5.26 Å². The molecule has 1 aliphatic heterocycles. The molecule has 112 valence electrons. The highest BCUT2D eigenvalue weighted by molar-refractivity contribution is 7.89. The van der Waals surface area contributed by atoms with Gasteiger partial charge in [-0.3, -0.25) is 4.79 Å². The van der Waals surface area contributed by atoms with Gasteiger partial charge in [-0.05, 0) is 31.5 Å². The highest BCUT2D eigenvalue weighted by Gasteiger charge is 2.45. The molecule has 1 fully saturated rings. The Kier molecular flexibility index (Phi) is 3.97. The topological polar surface area (TPSA) is 98.5 Å². The van der Waals surface area contributed by atoms with Gasteiger partial charge in [0.15, 0.2) is 0 Å². The van der Waals surface area contributed by atoms with Crippen LogP contribution in [0.25, 0.3) is 0 Å². The van der Waals surface area contributed by atoms with Gasteiger partial charge in [0.2, 0.25) is 10.0 Å². The second-order valence-electron chi connectivity index (χ2n) is 5.21. The Labute approximate surface area is 127 Å². The zero-order valence-electron chi connectivity index (χ0n) is 11.2. The molecule has 21 heavy (non-hydrogen) atoms. The number of hydrogen-bond donors (Lipinski definition) is 1. The van der Waals surface area contributed by atoms with Crippen molar-refractivity contribution in [2.75, 3.05) is 13.1 Å². The van der Waals surface area contributed by atoms with Crippen molar-refractivity contribution in [3.05, 3.63) is 28.8 Å². The number of sulfonamides is 1. The van der Waals surface area contributed by atoms with Crippen LogP contribution in [0.15, 0.2) is 23.1 Å². The molecule has 1 unspecified atom stereocenters. The molecule has 0 aliphatic carbocycles. The quantitative estimate of drug-likeness (QED) is 0.910. The van der Waals surface area contributed by atoms with Gasteiger partial charge in [0.25, 0.3) is 0 Å². The first-order chi connectivity index (χ1) is 9.70. The molecular weight excluding hydrogens is 316 g/mol. The number of aliphatic carboxylic acids is 1. The van der Waals surface area contributed by atoms with E-state index in [1.165, 1.54) is 25.1 Å². The van der Waals surface area contributed by atoms with Crippen molar-refractivity contribution in [1.82, 2.24) is 4.31 Å². The molecule has 1 saturated heterocycles. The molecule has 1 aromatic carbocycles. The zero-order valence-corrected chi connectivity index (χ0v) is 12.8. The molecule has 0 saturated carbocycles. The first-order valence-electron chi connectivity index (χ1n) is 6.14. The fraction of sp³-hybridized carbons (Fsp3) is 0.385. The van der Waals surface area contributed by atoms with Crippen LogP contribution in [0.5, 0.6) is 0 Å². The largest absolute Gasteiger partial charge is 0.481 e. The number of halogens is 1. The van der Waals surface area contributed by atoms with Crippen LogP contribution in [0.3, 0.4) is 0 Å². The van der Waals surface area contributed by atoms with Gasteiger partial charge in [-0.1, -0.05) is 11.6 Å². The summed E-state index contributed by atoms with van der Waals surface area (Å²) in [7, 11) is -3.95. The predicted molar refractivity (Wildman–Crippen MR) is 75.3 cm³/mol. The summed E-state index contributed by atoms with van der Waals surface area (Å²) < 4.78 is 26.3. The Morgan fingerprint density at radius 3 is 2.71 bits per heavy atom. The van der Waals surface area contributed by atoms with E-state index in [2.05, 4.69) is 0 Å². The number of carboxylic acids is 1. The second kappa shape index (κ2) is 5.30. The zero-order chi connectivity index (χ0) is 15.8. The van der Waals surface area contributed by atoms with E-state index in [-0.39, 0.29) is 35.0 Å². The van der Waals surface area contributed by atoms with Gasteiger partial charge in [-0.2, -0.15) is 9.57 Å². The summed E-state index contributed by atoms with van der Waals surface area (Å²) in [5, 5.41) is 18.4. The van der Waals surface area contributed by atoms with Gasteiger partial charge >= 0.3 is 5.97 Å². The summed E-state index contributed by atoms with van der Waals surface area (Å²) in [6.07, 6.45) is 0.226. The van der Waals surface area contributed by atoms with Crippen molar-refractivity contribution < 1.29 is 18.3 Å². The van der Waals surface area contributed by atoms with E-state index in [1.807, 2.05) is 6.07 Å². The summed E-state index contributed by atoms with van der Waals surface area (Å²) in [5.74, 6) is -1.04. The van der Waals surface area contributed by atoms with Crippen molar-refractivity contribution in [3.63, 3.8) is 0 Å². The Morgan fingerprint density at radius 2 is 2.19 bits per heavy atom. The third kappa shape index (κ3) is 2.75. The molecule has 1 aromatic rings. The molecule has 1 heterocycles. The van der Waals surface area contributed by atoms with Crippen LogP contribution in [0.4, 0.5) is 0 Å². The monoisotopic (exact) mass is 328 g/mol. The molecule has 1 atom stereocenters. The fourth-order valence-corrected chi connectivity index (χ4v) is 4.21. The molecular formula is C13H13ClN2O4S. The van der Waals surface area contributed by atoms with E-state index >= 15 is 0 Å². The summed E-state index contributed by atoms with van der Waals surface area (Å²) in [6, 6.07) is 5.80. The molecule has 8 heteroatoms. The number of carboxylic acid groups (broad SMARTS) is 1. The standard InChI is InChI=1S/C13H13ClN2O4S/c1-13(12(17)18)4-5-16(8-13)21(19,20)11-6-10(14)3-2-9(11)7-15/h2-3,6H,4-5,8H2,1H3,(H,17,18). The van der Waals surface area contributed by atoms with E-state index in [1.54, 1.807) is 0 Å². The lowest BCUT2D eigenvalue weighted by Crippen LogP contribution is -2.35.